The fraction of sp³-hybridized carbons (Fsp3) is 0.458. The molecule has 2 N–H and O–H groups in total. The van der Waals surface area contributed by atoms with Crippen LogP contribution in [-0.4, -0.2) is 50.8 Å². The van der Waals surface area contributed by atoms with E-state index in [9.17, 15) is 13.6 Å². The van der Waals surface area contributed by atoms with Gasteiger partial charge in [0.15, 0.2) is 23.1 Å². The second-order valence-electron chi connectivity index (χ2n) is 8.71. The molecule has 32 heavy (non-hydrogen) atoms. The molecule has 3 atom stereocenters. The zero-order chi connectivity index (χ0) is 23.0. The van der Waals surface area contributed by atoms with E-state index in [1.807, 2.05) is 12.1 Å². The number of nitrogens with zero attached hydrogens (tertiary/aromatic N) is 2. The number of hydrogen-bond acceptors (Lipinski definition) is 4. The Morgan fingerprint density at radius 1 is 1.09 bits per heavy atom. The molecule has 2 aliphatic rings. The third-order valence-electron chi connectivity index (χ3n) is 7.24. The Kier molecular flexibility index (Phi) is 5.99. The number of benzene rings is 2. The summed E-state index contributed by atoms with van der Waals surface area (Å²) in [5.74, 6) is -0.579. The van der Waals surface area contributed by atoms with Gasteiger partial charge < -0.3 is 20.1 Å². The Morgan fingerprint density at radius 2 is 1.84 bits per heavy atom. The van der Waals surface area contributed by atoms with Gasteiger partial charge in [-0.3, -0.25) is 4.90 Å². The van der Waals surface area contributed by atoms with Crippen LogP contribution in [0.5, 0.6) is 11.5 Å². The lowest BCUT2D eigenvalue weighted by atomic mass is 9.64. The van der Waals surface area contributed by atoms with E-state index in [-0.39, 0.29) is 23.2 Å². The fourth-order valence-electron chi connectivity index (χ4n) is 5.63. The van der Waals surface area contributed by atoms with Gasteiger partial charge in [-0.05, 0) is 69.1 Å². The number of anilines is 1. The summed E-state index contributed by atoms with van der Waals surface area (Å²) in [4.78, 5) is 16.1. The van der Waals surface area contributed by atoms with Crippen molar-refractivity contribution in [2.24, 2.45) is 5.73 Å². The molecule has 1 aliphatic heterocycles. The number of carbonyl (C=O) groups excluding carboxylic acids is 1. The number of nitrogens with two attached hydrogens (primary N) is 1. The lowest BCUT2D eigenvalue weighted by molar-refractivity contribution is 0.164. The molecule has 172 valence electrons. The largest absolute Gasteiger partial charge is 0.493 e. The first-order valence-electron chi connectivity index (χ1n) is 10.8. The third-order valence-corrected chi connectivity index (χ3v) is 7.24. The standard InChI is InChI=1S/C24H29F2N3O3/c1-28-11-10-24(15-4-7-20(31-2)21(12-15)32-3)9-8-17(14-22(24)28)29(23(27)30)16-5-6-18(25)19(26)13-16/h4-7,12-13,17,22H,8-11,14H2,1-3H3,(H2,27,30). The fourth-order valence-corrected chi connectivity index (χ4v) is 5.63. The molecule has 0 aromatic heterocycles. The molecule has 2 aromatic rings. The molecule has 8 heteroatoms. The van der Waals surface area contributed by atoms with Crippen LogP contribution < -0.4 is 20.1 Å². The molecule has 0 spiro atoms. The summed E-state index contributed by atoms with van der Waals surface area (Å²) >= 11 is 0. The second-order valence-corrected chi connectivity index (χ2v) is 8.71. The van der Waals surface area contributed by atoms with Crippen LogP contribution in [0.3, 0.4) is 0 Å². The SMILES string of the molecule is COc1ccc(C23CCC(N(C(N)=O)c4ccc(F)c(F)c4)CC2N(C)CC3)cc1OC. The van der Waals surface area contributed by atoms with Gasteiger partial charge in [-0.25, -0.2) is 13.6 Å². The Hall–Kier alpha value is -2.87. The van der Waals surface area contributed by atoms with Crippen molar-refractivity contribution in [1.82, 2.24) is 4.90 Å². The number of primary amides is 1. The van der Waals surface area contributed by atoms with Gasteiger partial charge in [-0.2, -0.15) is 0 Å². The minimum absolute atomic E-state index is 0.0951. The molecule has 6 nitrogen and oxygen atoms in total. The van der Waals surface area contributed by atoms with Gasteiger partial charge in [0.05, 0.1) is 14.2 Å². The number of urea groups is 1. The van der Waals surface area contributed by atoms with Crippen LogP contribution in [0.15, 0.2) is 36.4 Å². The highest BCUT2D eigenvalue weighted by molar-refractivity contribution is 5.91. The maximum absolute atomic E-state index is 13.9. The van der Waals surface area contributed by atoms with E-state index in [1.54, 1.807) is 14.2 Å². The lowest BCUT2D eigenvalue weighted by Gasteiger charge is -2.47. The Bertz CT molecular complexity index is 1020. The van der Waals surface area contributed by atoms with Crippen molar-refractivity contribution < 1.29 is 23.0 Å². The number of rotatable bonds is 5. The molecule has 1 heterocycles. The summed E-state index contributed by atoms with van der Waals surface area (Å²) in [5, 5.41) is 0. The zero-order valence-corrected chi connectivity index (χ0v) is 18.6. The van der Waals surface area contributed by atoms with Crippen LogP contribution in [0, 0.1) is 11.6 Å². The van der Waals surface area contributed by atoms with E-state index in [0.29, 0.717) is 24.3 Å². The van der Waals surface area contributed by atoms with Crippen LogP contribution in [0.4, 0.5) is 19.3 Å². The molecule has 4 rings (SSSR count). The molecule has 1 aliphatic carbocycles. The number of amides is 2. The number of carbonyl (C=O) groups is 1. The lowest BCUT2D eigenvalue weighted by Crippen LogP contribution is -2.54. The minimum Gasteiger partial charge on any atom is -0.493 e. The number of fused-ring (bicyclic) bond motifs is 1. The highest BCUT2D eigenvalue weighted by Crippen LogP contribution is 2.51. The van der Waals surface area contributed by atoms with Crippen LogP contribution in [0.1, 0.15) is 31.2 Å². The highest BCUT2D eigenvalue weighted by Gasteiger charge is 2.51. The molecule has 0 radical (unpaired) electrons. The average Bonchev–Trinajstić information content (AvgIpc) is 3.13. The molecule has 1 saturated carbocycles. The van der Waals surface area contributed by atoms with Crippen molar-refractivity contribution in [3.63, 3.8) is 0 Å². The van der Waals surface area contributed by atoms with Gasteiger partial charge in [-0.1, -0.05) is 6.07 Å². The zero-order valence-electron chi connectivity index (χ0n) is 18.6. The number of likely N-dealkylation sites (tertiary alicyclic amines) is 1. The van der Waals surface area contributed by atoms with Gasteiger partial charge in [0, 0.05) is 29.3 Å². The quantitative estimate of drug-likeness (QED) is 0.754. The first kappa shape index (κ1) is 22.3. The Balaban J connectivity index is 1.67. The molecule has 0 bridgehead atoms. The summed E-state index contributed by atoms with van der Waals surface area (Å²) in [6.07, 6.45) is 3.18. The highest BCUT2D eigenvalue weighted by atomic mass is 19.2. The maximum Gasteiger partial charge on any atom is 0.319 e. The average molecular weight is 446 g/mol. The van der Waals surface area contributed by atoms with Gasteiger partial charge >= 0.3 is 6.03 Å². The van der Waals surface area contributed by atoms with Crippen molar-refractivity contribution in [3.05, 3.63) is 53.6 Å². The molecular formula is C24H29F2N3O3. The van der Waals surface area contributed by atoms with Gasteiger partial charge in [0.1, 0.15) is 0 Å². The van der Waals surface area contributed by atoms with Crippen molar-refractivity contribution >= 4 is 11.7 Å². The van der Waals surface area contributed by atoms with Gasteiger partial charge in [0.25, 0.3) is 0 Å². The smallest absolute Gasteiger partial charge is 0.319 e. The summed E-state index contributed by atoms with van der Waals surface area (Å²) in [7, 11) is 5.33. The van der Waals surface area contributed by atoms with Crippen LogP contribution in [0.2, 0.25) is 0 Å². The summed E-state index contributed by atoms with van der Waals surface area (Å²) in [6, 6.07) is 8.82. The normalized spacial score (nSPS) is 25.3. The number of ether oxygens (including phenoxy) is 2. The first-order valence-corrected chi connectivity index (χ1v) is 10.8. The van der Waals surface area contributed by atoms with E-state index in [1.165, 1.54) is 16.5 Å². The van der Waals surface area contributed by atoms with E-state index < -0.39 is 17.7 Å². The van der Waals surface area contributed by atoms with Crippen molar-refractivity contribution in [2.75, 3.05) is 32.7 Å². The number of hydrogen-bond donors (Lipinski definition) is 1. The molecule has 2 fully saturated rings. The predicted octanol–water partition coefficient (Wildman–Crippen LogP) is 4.06. The van der Waals surface area contributed by atoms with Crippen LogP contribution in [0.25, 0.3) is 0 Å². The number of methoxy groups -OCH3 is 2. The minimum atomic E-state index is -0.998. The van der Waals surface area contributed by atoms with Crippen molar-refractivity contribution in [1.29, 1.82) is 0 Å². The Morgan fingerprint density at radius 3 is 2.50 bits per heavy atom. The molecule has 2 amide bonds. The second kappa shape index (κ2) is 8.58. The molecule has 1 saturated heterocycles. The van der Waals surface area contributed by atoms with E-state index >= 15 is 0 Å². The van der Waals surface area contributed by atoms with Gasteiger partial charge in [-0.15, -0.1) is 0 Å². The summed E-state index contributed by atoms with van der Waals surface area (Å²) in [6.45, 7) is 0.924. The van der Waals surface area contributed by atoms with E-state index in [4.69, 9.17) is 15.2 Å². The van der Waals surface area contributed by atoms with Gasteiger partial charge in [0.2, 0.25) is 0 Å². The number of halogens is 2. The number of likely N-dealkylation sites (N-methyl/N-ethyl adjacent to an activating group) is 1. The molecule has 3 unspecified atom stereocenters. The molecule has 2 aromatic carbocycles. The topological polar surface area (TPSA) is 68.0 Å². The Labute approximate surface area is 186 Å². The predicted molar refractivity (Wildman–Crippen MR) is 118 cm³/mol. The van der Waals surface area contributed by atoms with Crippen LogP contribution in [-0.2, 0) is 5.41 Å². The maximum atomic E-state index is 13.9. The monoisotopic (exact) mass is 445 g/mol. The first-order chi connectivity index (χ1) is 15.3. The van der Waals surface area contributed by atoms with Crippen molar-refractivity contribution in [2.45, 2.75) is 43.2 Å². The summed E-state index contributed by atoms with van der Waals surface area (Å²) in [5.41, 5.74) is 7.07. The van der Waals surface area contributed by atoms with Crippen molar-refractivity contribution in [3.8, 4) is 11.5 Å². The summed E-state index contributed by atoms with van der Waals surface area (Å²) < 4.78 is 38.3. The van der Waals surface area contributed by atoms with Crippen LogP contribution >= 0.6 is 0 Å². The van der Waals surface area contributed by atoms with E-state index in [2.05, 4.69) is 18.0 Å². The third kappa shape index (κ3) is 3.66. The molecular weight excluding hydrogens is 416 g/mol. The van der Waals surface area contributed by atoms with E-state index in [0.717, 1.165) is 31.5 Å².